The van der Waals surface area contributed by atoms with E-state index in [2.05, 4.69) is 0 Å². The molecule has 0 saturated heterocycles. The Morgan fingerprint density at radius 3 is 2.44 bits per heavy atom. The van der Waals surface area contributed by atoms with Crippen molar-refractivity contribution in [3.05, 3.63) is 35.4 Å². The highest BCUT2D eigenvalue weighted by Crippen LogP contribution is 2.12. The smallest absolute Gasteiger partial charge is 0.253 e. The largest absolute Gasteiger partial charge is 0.389 e. The van der Waals surface area contributed by atoms with Crippen LogP contribution in [-0.4, -0.2) is 35.1 Å². The molecule has 1 aromatic rings. The van der Waals surface area contributed by atoms with Crippen molar-refractivity contribution in [2.75, 3.05) is 13.6 Å². The van der Waals surface area contributed by atoms with Crippen molar-refractivity contribution in [3.63, 3.8) is 0 Å². The SMILES string of the molecule is Cc1ccccc1C(=O)N(C)CC(C)(C)O. The summed E-state index contributed by atoms with van der Waals surface area (Å²) in [4.78, 5) is 13.6. The summed E-state index contributed by atoms with van der Waals surface area (Å²) in [5.41, 5.74) is 0.775. The standard InChI is InChI=1S/C13H19NO2/c1-10-7-5-6-8-11(10)12(15)14(4)9-13(2,3)16/h5-8,16H,9H2,1-4H3. The number of nitrogens with zero attached hydrogens (tertiary/aromatic N) is 1. The summed E-state index contributed by atoms with van der Waals surface area (Å²) < 4.78 is 0. The fourth-order valence-corrected chi connectivity index (χ4v) is 1.67. The van der Waals surface area contributed by atoms with Gasteiger partial charge in [0.05, 0.1) is 5.60 Å². The molecule has 0 bridgehead atoms. The van der Waals surface area contributed by atoms with E-state index in [0.717, 1.165) is 5.56 Å². The van der Waals surface area contributed by atoms with Gasteiger partial charge in [-0.15, -0.1) is 0 Å². The van der Waals surface area contributed by atoms with Gasteiger partial charge in [-0.3, -0.25) is 4.79 Å². The van der Waals surface area contributed by atoms with Crippen LogP contribution in [0.5, 0.6) is 0 Å². The molecule has 0 saturated carbocycles. The van der Waals surface area contributed by atoms with Crippen LogP contribution in [0.2, 0.25) is 0 Å². The Morgan fingerprint density at radius 1 is 1.38 bits per heavy atom. The van der Waals surface area contributed by atoms with E-state index in [1.807, 2.05) is 25.1 Å². The van der Waals surface area contributed by atoms with Crippen LogP contribution in [0.3, 0.4) is 0 Å². The fraction of sp³-hybridized carbons (Fsp3) is 0.462. The summed E-state index contributed by atoms with van der Waals surface area (Å²) in [5, 5.41) is 9.66. The second kappa shape index (κ2) is 4.66. The molecule has 1 N–H and O–H groups in total. The zero-order valence-electron chi connectivity index (χ0n) is 10.3. The molecule has 16 heavy (non-hydrogen) atoms. The van der Waals surface area contributed by atoms with Crippen molar-refractivity contribution in [1.82, 2.24) is 4.90 Å². The van der Waals surface area contributed by atoms with Gasteiger partial charge in [0.2, 0.25) is 0 Å². The number of benzene rings is 1. The van der Waals surface area contributed by atoms with Gasteiger partial charge in [0.15, 0.2) is 0 Å². The Kier molecular flexibility index (Phi) is 3.70. The van der Waals surface area contributed by atoms with Crippen molar-refractivity contribution in [1.29, 1.82) is 0 Å². The normalized spacial score (nSPS) is 11.3. The van der Waals surface area contributed by atoms with Gasteiger partial charge in [-0.1, -0.05) is 18.2 Å². The average Bonchev–Trinajstić information content (AvgIpc) is 2.15. The molecule has 0 unspecified atom stereocenters. The Bertz CT molecular complexity index is 380. The lowest BCUT2D eigenvalue weighted by molar-refractivity contribution is 0.0367. The van der Waals surface area contributed by atoms with Crippen LogP contribution in [0.1, 0.15) is 29.8 Å². The zero-order chi connectivity index (χ0) is 12.3. The average molecular weight is 221 g/mol. The second-order valence-corrected chi connectivity index (χ2v) is 4.79. The third kappa shape index (κ3) is 3.35. The minimum atomic E-state index is -0.868. The highest BCUT2D eigenvalue weighted by Gasteiger charge is 2.20. The predicted molar refractivity (Wildman–Crippen MR) is 64.4 cm³/mol. The molecule has 0 aliphatic rings. The lowest BCUT2D eigenvalue weighted by Gasteiger charge is -2.26. The Morgan fingerprint density at radius 2 is 1.94 bits per heavy atom. The van der Waals surface area contributed by atoms with E-state index in [0.29, 0.717) is 12.1 Å². The number of rotatable bonds is 3. The topological polar surface area (TPSA) is 40.5 Å². The molecule has 0 radical (unpaired) electrons. The molecule has 1 aromatic carbocycles. The van der Waals surface area contributed by atoms with E-state index >= 15 is 0 Å². The molecular formula is C13H19NO2. The lowest BCUT2D eigenvalue weighted by Crippen LogP contribution is -2.39. The van der Waals surface area contributed by atoms with Crippen molar-refractivity contribution in [2.24, 2.45) is 0 Å². The van der Waals surface area contributed by atoms with Crippen LogP contribution in [0.15, 0.2) is 24.3 Å². The molecule has 0 aliphatic heterocycles. The molecular weight excluding hydrogens is 202 g/mol. The molecule has 0 aliphatic carbocycles. The van der Waals surface area contributed by atoms with Crippen LogP contribution in [0.4, 0.5) is 0 Å². The monoisotopic (exact) mass is 221 g/mol. The lowest BCUT2D eigenvalue weighted by atomic mass is 10.1. The summed E-state index contributed by atoms with van der Waals surface area (Å²) in [7, 11) is 1.70. The number of carbonyl (C=O) groups is 1. The molecule has 0 spiro atoms. The summed E-state index contributed by atoms with van der Waals surface area (Å²) >= 11 is 0. The minimum Gasteiger partial charge on any atom is -0.389 e. The maximum atomic E-state index is 12.1. The Hall–Kier alpha value is -1.35. The Balaban J connectivity index is 2.83. The van der Waals surface area contributed by atoms with Crippen LogP contribution >= 0.6 is 0 Å². The van der Waals surface area contributed by atoms with Crippen molar-refractivity contribution in [2.45, 2.75) is 26.4 Å². The summed E-state index contributed by atoms with van der Waals surface area (Å²) in [6, 6.07) is 7.46. The van der Waals surface area contributed by atoms with Crippen LogP contribution in [0.25, 0.3) is 0 Å². The number of aryl methyl sites for hydroxylation is 1. The van der Waals surface area contributed by atoms with Gasteiger partial charge in [-0.05, 0) is 32.4 Å². The number of aliphatic hydroxyl groups is 1. The van der Waals surface area contributed by atoms with Gasteiger partial charge in [-0.25, -0.2) is 0 Å². The first-order valence-corrected chi connectivity index (χ1v) is 5.35. The minimum absolute atomic E-state index is 0.0553. The van der Waals surface area contributed by atoms with Gasteiger partial charge in [0, 0.05) is 19.2 Å². The first-order valence-electron chi connectivity index (χ1n) is 5.35. The van der Waals surface area contributed by atoms with E-state index in [4.69, 9.17) is 0 Å². The molecule has 88 valence electrons. The number of hydrogen-bond acceptors (Lipinski definition) is 2. The number of carbonyl (C=O) groups excluding carboxylic acids is 1. The predicted octanol–water partition coefficient (Wildman–Crippen LogP) is 1.84. The highest BCUT2D eigenvalue weighted by atomic mass is 16.3. The molecule has 1 amide bonds. The third-order valence-electron chi connectivity index (χ3n) is 2.35. The van der Waals surface area contributed by atoms with Crippen molar-refractivity contribution in [3.8, 4) is 0 Å². The third-order valence-corrected chi connectivity index (χ3v) is 2.35. The molecule has 3 heteroatoms. The summed E-state index contributed by atoms with van der Waals surface area (Å²) in [5.74, 6) is -0.0553. The molecule has 1 rings (SSSR count). The van der Waals surface area contributed by atoms with E-state index in [1.54, 1.807) is 31.9 Å². The van der Waals surface area contributed by atoms with Gasteiger partial charge >= 0.3 is 0 Å². The number of amides is 1. The second-order valence-electron chi connectivity index (χ2n) is 4.79. The fourth-order valence-electron chi connectivity index (χ4n) is 1.67. The quantitative estimate of drug-likeness (QED) is 0.846. The first kappa shape index (κ1) is 12.7. The summed E-state index contributed by atoms with van der Waals surface area (Å²) in [6.45, 7) is 5.61. The highest BCUT2D eigenvalue weighted by molar-refractivity contribution is 5.95. The van der Waals surface area contributed by atoms with Crippen LogP contribution in [-0.2, 0) is 0 Å². The summed E-state index contributed by atoms with van der Waals surface area (Å²) in [6.07, 6.45) is 0. The number of hydrogen-bond donors (Lipinski definition) is 1. The van der Waals surface area contributed by atoms with E-state index in [9.17, 15) is 9.90 Å². The molecule has 0 atom stereocenters. The van der Waals surface area contributed by atoms with Crippen molar-refractivity contribution < 1.29 is 9.90 Å². The maximum Gasteiger partial charge on any atom is 0.253 e. The van der Waals surface area contributed by atoms with Crippen LogP contribution in [0, 0.1) is 6.92 Å². The number of likely N-dealkylation sites (N-methyl/N-ethyl adjacent to an activating group) is 1. The van der Waals surface area contributed by atoms with E-state index in [1.165, 1.54) is 0 Å². The molecule has 3 nitrogen and oxygen atoms in total. The molecule has 0 aromatic heterocycles. The van der Waals surface area contributed by atoms with E-state index < -0.39 is 5.60 Å². The zero-order valence-corrected chi connectivity index (χ0v) is 10.3. The van der Waals surface area contributed by atoms with Gasteiger partial charge in [0.1, 0.15) is 0 Å². The maximum absolute atomic E-state index is 12.1. The Labute approximate surface area is 96.7 Å². The van der Waals surface area contributed by atoms with E-state index in [-0.39, 0.29) is 5.91 Å². The van der Waals surface area contributed by atoms with Crippen LogP contribution < -0.4 is 0 Å². The van der Waals surface area contributed by atoms with Gasteiger partial charge in [0.25, 0.3) is 5.91 Å². The first-order chi connectivity index (χ1) is 7.31. The molecule has 0 fully saturated rings. The molecule has 0 heterocycles. The van der Waals surface area contributed by atoms with Crippen molar-refractivity contribution >= 4 is 5.91 Å². The van der Waals surface area contributed by atoms with Gasteiger partial charge < -0.3 is 10.0 Å². The van der Waals surface area contributed by atoms with Gasteiger partial charge in [-0.2, -0.15) is 0 Å².